The van der Waals surface area contributed by atoms with Crippen molar-refractivity contribution >= 4 is 29.3 Å². The van der Waals surface area contributed by atoms with Gasteiger partial charge in [-0.2, -0.15) is 0 Å². The third kappa shape index (κ3) is 5.84. The van der Waals surface area contributed by atoms with E-state index >= 15 is 0 Å². The zero-order valence-electron chi connectivity index (χ0n) is 30.2. The van der Waals surface area contributed by atoms with Crippen LogP contribution in [0.1, 0.15) is 106 Å². The Morgan fingerprint density at radius 3 is 1.38 bits per heavy atom. The van der Waals surface area contributed by atoms with Crippen molar-refractivity contribution in [1.82, 2.24) is 4.90 Å². The topological polar surface area (TPSA) is 93.2 Å². The first-order chi connectivity index (χ1) is 24.8. The van der Waals surface area contributed by atoms with Gasteiger partial charge in [-0.05, 0) is 111 Å². The number of nitrogens with zero attached hydrogens (tertiary/aromatic N) is 2. The summed E-state index contributed by atoms with van der Waals surface area (Å²) in [6.45, 7) is 12.1. The molecule has 7 rings (SSSR count). The van der Waals surface area contributed by atoms with Crippen LogP contribution < -0.4 is 14.4 Å². The summed E-state index contributed by atoms with van der Waals surface area (Å²) < 4.78 is 12.3. The summed E-state index contributed by atoms with van der Waals surface area (Å²) in [5.41, 5.74) is 4.25. The monoisotopic (exact) mass is 692 g/mol. The summed E-state index contributed by atoms with van der Waals surface area (Å²) in [7, 11) is 0. The molecule has 0 N–H and O–H groups in total. The van der Waals surface area contributed by atoms with Crippen LogP contribution >= 0.6 is 0 Å². The number of aryl methyl sites for hydroxylation is 1. The minimum atomic E-state index is -0.540. The van der Waals surface area contributed by atoms with Crippen LogP contribution in [-0.4, -0.2) is 34.1 Å². The second kappa shape index (κ2) is 12.9. The van der Waals surface area contributed by atoms with Crippen LogP contribution in [0.3, 0.4) is 0 Å². The van der Waals surface area contributed by atoms with Crippen molar-refractivity contribution in [3.05, 3.63) is 148 Å². The molecule has 2 aliphatic rings. The zero-order valence-corrected chi connectivity index (χ0v) is 30.2. The molecule has 5 aromatic rings. The lowest BCUT2D eigenvalue weighted by atomic mass is 9.78. The van der Waals surface area contributed by atoms with E-state index in [1.165, 1.54) is 9.80 Å². The number of amides is 4. The number of ether oxygens (including phenoxy) is 2. The van der Waals surface area contributed by atoms with Crippen molar-refractivity contribution in [2.45, 2.75) is 65.3 Å². The number of hydrogen-bond donors (Lipinski definition) is 0. The Kier molecular flexibility index (Phi) is 8.57. The van der Waals surface area contributed by atoms with E-state index in [-0.39, 0.29) is 29.0 Å². The van der Waals surface area contributed by atoms with Crippen molar-refractivity contribution in [1.29, 1.82) is 0 Å². The standard InChI is InChI=1S/C44H40N2O6/c1-7-44(6,8-2)46-41(49)36-24-22-34(26-38(36)42(46)50)52-32-19-13-29(14-20-32)43(4,5)28-11-17-31(18-12-28)51-33-21-23-35-37(25-33)40(48)45(39(35)47)30-15-9-27(3)10-16-30/h9-26H,7-8H2,1-6H3. The molecule has 0 saturated carbocycles. The summed E-state index contributed by atoms with van der Waals surface area (Å²) in [4.78, 5) is 55.4. The number of fused-ring (bicyclic) bond motifs is 2. The van der Waals surface area contributed by atoms with Gasteiger partial charge in [0.05, 0.1) is 27.9 Å². The van der Waals surface area contributed by atoms with Crippen LogP contribution in [0.2, 0.25) is 0 Å². The summed E-state index contributed by atoms with van der Waals surface area (Å²) in [5.74, 6) is 0.897. The maximum Gasteiger partial charge on any atom is 0.266 e. The summed E-state index contributed by atoms with van der Waals surface area (Å²) in [5, 5.41) is 0. The van der Waals surface area contributed by atoms with E-state index in [1.807, 2.05) is 88.4 Å². The molecule has 5 aromatic carbocycles. The van der Waals surface area contributed by atoms with Gasteiger partial charge in [-0.3, -0.25) is 24.1 Å². The lowest BCUT2D eigenvalue weighted by molar-refractivity contribution is 0.0434. The van der Waals surface area contributed by atoms with Crippen LogP contribution in [0.25, 0.3) is 0 Å². The number of anilines is 1. The third-order valence-corrected chi connectivity index (χ3v) is 10.7. The maximum atomic E-state index is 13.3. The van der Waals surface area contributed by atoms with Crippen LogP contribution in [0.15, 0.2) is 109 Å². The summed E-state index contributed by atoms with van der Waals surface area (Å²) >= 11 is 0. The van der Waals surface area contributed by atoms with Gasteiger partial charge in [0.15, 0.2) is 0 Å². The van der Waals surface area contributed by atoms with Crippen molar-refractivity contribution in [2.24, 2.45) is 0 Å². The first-order valence-corrected chi connectivity index (χ1v) is 17.5. The van der Waals surface area contributed by atoms with Crippen LogP contribution in [-0.2, 0) is 5.41 Å². The molecule has 0 atom stereocenters. The highest BCUT2D eigenvalue weighted by atomic mass is 16.5. The number of carbonyl (C=O) groups excluding carboxylic acids is 4. The highest BCUT2D eigenvalue weighted by molar-refractivity contribution is 6.34. The average molecular weight is 693 g/mol. The molecule has 2 aliphatic heterocycles. The number of rotatable bonds is 10. The second-order valence-corrected chi connectivity index (χ2v) is 14.2. The molecule has 0 spiro atoms. The molecule has 8 nitrogen and oxygen atoms in total. The van der Waals surface area contributed by atoms with Gasteiger partial charge in [0.25, 0.3) is 23.6 Å². The number of benzene rings is 5. The van der Waals surface area contributed by atoms with Gasteiger partial charge in [0, 0.05) is 11.0 Å². The minimum Gasteiger partial charge on any atom is -0.457 e. The van der Waals surface area contributed by atoms with Gasteiger partial charge < -0.3 is 9.47 Å². The van der Waals surface area contributed by atoms with Crippen molar-refractivity contribution in [3.8, 4) is 23.0 Å². The maximum absolute atomic E-state index is 13.3. The predicted molar refractivity (Wildman–Crippen MR) is 200 cm³/mol. The van der Waals surface area contributed by atoms with Gasteiger partial charge in [-0.25, -0.2) is 4.90 Å². The fraction of sp³-hybridized carbons (Fsp3) is 0.227. The molecule has 8 heteroatoms. The molecule has 0 bridgehead atoms. The third-order valence-electron chi connectivity index (χ3n) is 10.7. The number of imide groups is 2. The predicted octanol–water partition coefficient (Wildman–Crippen LogP) is 9.88. The number of hydrogen-bond acceptors (Lipinski definition) is 6. The molecular formula is C44H40N2O6. The molecule has 0 aromatic heterocycles. The average Bonchev–Trinajstić information content (AvgIpc) is 3.55. The molecular weight excluding hydrogens is 652 g/mol. The molecule has 262 valence electrons. The fourth-order valence-electron chi connectivity index (χ4n) is 6.87. The SMILES string of the molecule is CCC(C)(CC)N1C(=O)c2ccc(Oc3ccc(C(C)(C)c4ccc(Oc5ccc6c(c5)C(=O)N(c5ccc(C)cc5)C6=O)cc4)cc3)cc2C1=O. The quantitative estimate of drug-likeness (QED) is 0.135. The molecule has 2 heterocycles. The smallest absolute Gasteiger partial charge is 0.266 e. The van der Waals surface area contributed by atoms with E-state index in [1.54, 1.807) is 48.5 Å². The highest BCUT2D eigenvalue weighted by Crippen LogP contribution is 2.38. The minimum absolute atomic E-state index is 0.257. The summed E-state index contributed by atoms with van der Waals surface area (Å²) in [6.07, 6.45) is 1.35. The van der Waals surface area contributed by atoms with E-state index < -0.39 is 5.54 Å². The van der Waals surface area contributed by atoms with Gasteiger partial charge in [0.1, 0.15) is 23.0 Å². The molecule has 0 radical (unpaired) electrons. The first kappa shape index (κ1) is 34.4. The van der Waals surface area contributed by atoms with E-state index in [4.69, 9.17) is 9.47 Å². The molecule has 52 heavy (non-hydrogen) atoms. The molecule has 0 fully saturated rings. The van der Waals surface area contributed by atoms with Crippen LogP contribution in [0.5, 0.6) is 23.0 Å². The van der Waals surface area contributed by atoms with Crippen molar-refractivity contribution < 1.29 is 28.7 Å². The summed E-state index contributed by atoms with van der Waals surface area (Å²) in [6, 6.07) is 32.9. The Morgan fingerprint density at radius 1 is 0.500 bits per heavy atom. The number of carbonyl (C=O) groups is 4. The Bertz CT molecular complexity index is 2230. The molecule has 0 aliphatic carbocycles. The van der Waals surface area contributed by atoms with Gasteiger partial charge in [-0.15, -0.1) is 0 Å². The van der Waals surface area contributed by atoms with Gasteiger partial charge >= 0.3 is 0 Å². The van der Waals surface area contributed by atoms with E-state index in [2.05, 4.69) is 13.8 Å². The Morgan fingerprint density at radius 2 is 0.904 bits per heavy atom. The van der Waals surface area contributed by atoms with Crippen molar-refractivity contribution in [2.75, 3.05) is 4.90 Å². The second-order valence-electron chi connectivity index (χ2n) is 14.2. The molecule has 4 amide bonds. The zero-order chi connectivity index (χ0) is 36.9. The highest BCUT2D eigenvalue weighted by Gasteiger charge is 2.45. The van der Waals surface area contributed by atoms with E-state index in [9.17, 15) is 19.2 Å². The lowest BCUT2D eigenvalue weighted by Crippen LogP contribution is -2.48. The Hall–Kier alpha value is -6.02. The van der Waals surface area contributed by atoms with Crippen LogP contribution in [0, 0.1) is 6.92 Å². The largest absolute Gasteiger partial charge is 0.457 e. The van der Waals surface area contributed by atoms with E-state index in [0.717, 1.165) is 16.7 Å². The first-order valence-electron chi connectivity index (χ1n) is 17.5. The fourth-order valence-corrected chi connectivity index (χ4v) is 6.87. The Balaban J connectivity index is 1.02. The van der Waals surface area contributed by atoms with Crippen LogP contribution in [0.4, 0.5) is 5.69 Å². The van der Waals surface area contributed by atoms with Gasteiger partial charge in [0.2, 0.25) is 0 Å². The van der Waals surface area contributed by atoms with E-state index in [0.29, 0.717) is 63.8 Å². The normalized spacial score (nSPS) is 14.2. The molecule has 0 unspecified atom stereocenters. The van der Waals surface area contributed by atoms with Gasteiger partial charge in [-0.1, -0.05) is 69.7 Å². The molecule has 0 saturated heterocycles. The van der Waals surface area contributed by atoms with Crippen molar-refractivity contribution in [3.63, 3.8) is 0 Å². The Labute approximate surface area is 303 Å². The lowest BCUT2D eigenvalue weighted by Gasteiger charge is -2.35.